The molecular weight excluding hydrogens is 374 g/mol. The fraction of sp³-hybridized carbons (Fsp3) is 0.350. The highest BCUT2D eigenvalue weighted by Gasteiger charge is 2.08. The average molecular weight is 399 g/mol. The molecule has 0 fully saturated rings. The standard InChI is InChI=1S/C20H25N5O4/c1-13(2)17-10-19(28)25(12-23-17)11-18(27)21-8-9-22-20(29)15-4-6-16(7-5-15)24-14(3)26/h4-7,10,12-13H,8-9,11H2,1-3H3,(H,21,27)(H,22,29)(H,24,26). The molecule has 2 aromatic rings. The van der Waals surface area contributed by atoms with Crippen molar-refractivity contribution in [2.75, 3.05) is 18.4 Å². The van der Waals surface area contributed by atoms with Gasteiger partial charge in [-0.15, -0.1) is 0 Å². The summed E-state index contributed by atoms with van der Waals surface area (Å²) in [7, 11) is 0. The Morgan fingerprint density at radius 3 is 2.31 bits per heavy atom. The van der Waals surface area contributed by atoms with Crippen LogP contribution in [0, 0.1) is 0 Å². The number of carbonyl (C=O) groups excluding carboxylic acids is 3. The summed E-state index contributed by atoms with van der Waals surface area (Å²) >= 11 is 0. The highest BCUT2D eigenvalue weighted by molar-refractivity contribution is 5.95. The molecule has 0 radical (unpaired) electrons. The van der Waals surface area contributed by atoms with Crippen LogP contribution >= 0.6 is 0 Å². The van der Waals surface area contributed by atoms with Crippen LogP contribution in [0.5, 0.6) is 0 Å². The first-order chi connectivity index (χ1) is 13.8. The fourth-order valence-corrected chi connectivity index (χ4v) is 2.47. The molecule has 1 aromatic carbocycles. The minimum absolute atomic E-state index is 0.136. The van der Waals surface area contributed by atoms with Gasteiger partial charge in [0.1, 0.15) is 6.54 Å². The summed E-state index contributed by atoms with van der Waals surface area (Å²) in [4.78, 5) is 51.2. The quantitative estimate of drug-likeness (QED) is 0.569. The molecule has 0 saturated heterocycles. The molecule has 2 rings (SSSR count). The van der Waals surface area contributed by atoms with Gasteiger partial charge in [-0.25, -0.2) is 4.98 Å². The number of hydrogen-bond donors (Lipinski definition) is 3. The number of rotatable bonds is 8. The van der Waals surface area contributed by atoms with Crippen LogP contribution in [-0.2, 0) is 16.1 Å². The maximum Gasteiger partial charge on any atom is 0.254 e. The molecule has 0 aliphatic heterocycles. The Morgan fingerprint density at radius 2 is 1.72 bits per heavy atom. The molecule has 0 atom stereocenters. The second-order valence-corrected chi connectivity index (χ2v) is 6.80. The number of anilines is 1. The monoisotopic (exact) mass is 399 g/mol. The molecule has 3 amide bonds. The molecule has 0 unspecified atom stereocenters. The van der Waals surface area contributed by atoms with Crippen molar-refractivity contribution < 1.29 is 14.4 Å². The minimum Gasteiger partial charge on any atom is -0.353 e. The Bertz CT molecular complexity index is 935. The van der Waals surface area contributed by atoms with Gasteiger partial charge in [-0.2, -0.15) is 0 Å². The molecule has 0 bridgehead atoms. The van der Waals surface area contributed by atoms with Crippen molar-refractivity contribution in [2.45, 2.75) is 33.2 Å². The average Bonchev–Trinajstić information content (AvgIpc) is 2.66. The van der Waals surface area contributed by atoms with Crippen molar-refractivity contribution in [2.24, 2.45) is 0 Å². The number of hydrogen-bond acceptors (Lipinski definition) is 5. The smallest absolute Gasteiger partial charge is 0.254 e. The molecule has 29 heavy (non-hydrogen) atoms. The van der Waals surface area contributed by atoms with Crippen molar-refractivity contribution in [3.63, 3.8) is 0 Å². The molecule has 154 valence electrons. The van der Waals surface area contributed by atoms with E-state index < -0.39 is 0 Å². The van der Waals surface area contributed by atoms with E-state index >= 15 is 0 Å². The number of benzene rings is 1. The summed E-state index contributed by atoms with van der Waals surface area (Å²) in [5.74, 6) is -0.693. The lowest BCUT2D eigenvalue weighted by molar-refractivity contribution is -0.121. The highest BCUT2D eigenvalue weighted by Crippen LogP contribution is 2.09. The van der Waals surface area contributed by atoms with Crippen LogP contribution in [0.3, 0.4) is 0 Å². The van der Waals surface area contributed by atoms with Crippen LogP contribution in [0.2, 0.25) is 0 Å². The highest BCUT2D eigenvalue weighted by atomic mass is 16.2. The third-order valence-electron chi connectivity index (χ3n) is 4.01. The normalized spacial score (nSPS) is 10.5. The van der Waals surface area contributed by atoms with Gasteiger partial charge in [-0.1, -0.05) is 13.8 Å². The van der Waals surface area contributed by atoms with Gasteiger partial charge in [-0.05, 0) is 30.2 Å². The molecule has 0 aliphatic rings. The lowest BCUT2D eigenvalue weighted by Gasteiger charge is -2.10. The molecule has 1 aromatic heterocycles. The molecule has 0 aliphatic carbocycles. The van der Waals surface area contributed by atoms with E-state index in [9.17, 15) is 19.2 Å². The van der Waals surface area contributed by atoms with Crippen molar-refractivity contribution >= 4 is 23.4 Å². The summed E-state index contributed by atoms with van der Waals surface area (Å²) in [6.07, 6.45) is 1.36. The lowest BCUT2D eigenvalue weighted by Crippen LogP contribution is -2.37. The van der Waals surface area contributed by atoms with Crippen molar-refractivity contribution in [3.05, 3.63) is 58.3 Å². The van der Waals surface area contributed by atoms with Gasteiger partial charge < -0.3 is 16.0 Å². The summed E-state index contributed by atoms with van der Waals surface area (Å²) in [6.45, 7) is 5.60. The van der Waals surface area contributed by atoms with Gasteiger partial charge in [0, 0.05) is 37.3 Å². The first-order valence-electron chi connectivity index (χ1n) is 9.25. The predicted octanol–water partition coefficient (Wildman–Crippen LogP) is 0.871. The maximum atomic E-state index is 12.1. The second kappa shape index (κ2) is 10.2. The Labute approximate surface area is 168 Å². The summed E-state index contributed by atoms with van der Waals surface area (Å²) in [5.41, 5.74) is 1.44. The third kappa shape index (κ3) is 6.87. The largest absolute Gasteiger partial charge is 0.353 e. The second-order valence-electron chi connectivity index (χ2n) is 6.80. The number of carbonyl (C=O) groups is 3. The van der Waals surface area contributed by atoms with E-state index in [0.29, 0.717) is 16.9 Å². The van der Waals surface area contributed by atoms with E-state index in [0.717, 1.165) is 0 Å². The zero-order valence-corrected chi connectivity index (χ0v) is 16.7. The Hall–Kier alpha value is -3.49. The predicted molar refractivity (Wildman–Crippen MR) is 109 cm³/mol. The minimum atomic E-state index is -0.347. The van der Waals surface area contributed by atoms with E-state index in [2.05, 4.69) is 20.9 Å². The van der Waals surface area contributed by atoms with Crippen molar-refractivity contribution in [1.82, 2.24) is 20.2 Å². The van der Waals surface area contributed by atoms with Crippen molar-refractivity contribution in [3.8, 4) is 0 Å². The molecular formula is C20H25N5O4. The first-order valence-corrected chi connectivity index (χ1v) is 9.25. The van der Waals surface area contributed by atoms with Gasteiger partial charge >= 0.3 is 0 Å². The van der Waals surface area contributed by atoms with E-state index in [1.54, 1.807) is 24.3 Å². The molecule has 0 spiro atoms. The summed E-state index contributed by atoms with van der Waals surface area (Å²) in [6, 6.07) is 7.89. The molecule has 0 saturated carbocycles. The van der Waals surface area contributed by atoms with Crippen LogP contribution in [-0.4, -0.2) is 40.4 Å². The molecule has 9 heteroatoms. The Kier molecular flexibility index (Phi) is 7.64. The topological polar surface area (TPSA) is 122 Å². The van der Waals surface area contributed by atoms with E-state index in [-0.39, 0.29) is 48.8 Å². The molecule has 1 heterocycles. The summed E-state index contributed by atoms with van der Waals surface area (Å²) < 4.78 is 1.23. The summed E-state index contributed by atoms with van der Waals surface area (Å²) in [5, 5.41) is 7.95. The van der Waals surface area contributed by atoms with Crippen LogP contribution < -0.4 is 21.5 Å². The Morgan fingerprint density at radius 1 is 1.07 bits per heavy atom. The molecule has 3 N–H and O–H groups in total. The molecule has 9 nitrogen and oxygen atoms in total. The van der Waals surface area contributed by atoms with Crippen LogP contribution in [0.4, 0.5) is 5.69 Å². The van der Waals surface area contributed by atoms with Crippen molar-refractivity contribution in [1.29, 1.82) is 0 Å². The zero-order valence-electron chi connectivity index (χ0n) is 16.7. The van der Waals surface area contributed by atoms with Gasteiger partial charge in [0.25, 0.3) is 11.5 Å². The number of nitrogens with zero attached hydrogens (tertiary/aromatic N) is 2. The van der Waals surface area contributed by atoms with Gasteiger partial charge in [0.05, 0.1) is 12.0 Å². The van der Waals surface area contributed by atoms with E-state index in [4.69, 9.17) is 0 Å². The zero-order chi connectivity index (χ0) is 21.4. The maximum absolute atomic E-state index is 12.1. The SMILES string of the molecule is CC(=O)Nc1ccc(C(=O)NCCNC(=O)Cn2cnc(C(C)C)cc2=O)cc1. The van der Waals surface area contributed by atoms with Gasteiger partial charge in [0.15, 0.2) is 0 Å². The lowest BCUT2D eigenvalue weighted by atomic mass is 10.1. The van der Waals surface area contributed by atoms with Gasteiger partial charge in [-0.3, -0.25) is 23.7 Å². The number of nitrogens with one attached hydrogen (secondary N) is 3. The van der Waals surface area contributed by atoms with Crippen LogP contribution in [0.25, 0.3) is 0 Å². The number of amides is 3. The first kappa shape index (κ1) is 21.8. The van der Waals surface area contributed by atoms with Crippen LogP contribution in [0.1, 0.15) is 42.7 Å². The van der Waals surface area contributed by atoms with E-state index in [1.807, 2.05) is 13.8 Å². The third-order valence-corrected chi connectivity index (χ3v) is 4.01. The van der Waals surface area contributed by atoms with Gasteiger partial charge in [0.2, 0.25) is 11.8 Å². The Balaban J connectivity index is 1.75. The van der Waals surface area contributed by atoms with Crippen LogP contribution in [0.15, 0.2) is 41.5 Å². The van der Waals surface area contributed by atoms with E-state index in [1.165, 1.54) is 23.9 Å². The number of aromatic nitrogens is 2. The fourth-order valence-electron chi connectivity index (χ4n) is 2.47.